The molecule has 1 aromatic rings. The maximum absolute atomic E-state index is 11.7. The Balaban J connectivity index is 2.80. The standard InChI is InChI=1S/C15H20N2O3/c1-4-8-17-15(18)11(3)20-13-7-6-12(10-16)9-14(13)19-5-2/h1,6-7,9,11H,5,8,10,16H2,2-3H3,(H,17,18). The zero-order valence-electron chi connectivity index (χ0n) is 11.8. The highest BCUT2D eigenvalue weighted by atomic mass is 16.5. The van der Waals surface area contributed by atoms with E-state index in [4.69, 9.17) is 21.6 Å². The highest BCUT2D eigenvalue weighted by molar-refractivity contribution is 5.81. The minimum absolute atomic E-state index is 0.178. The Labute approximate surface area is 119 Å². The van der Waals surface area contributed by atoms with Gasteiger partial charge in [-0.15, -0.1) is 6.42 Å². The Kier molecular flexibility index (Phi) is 6.41. The molecule has 0 aromatic heterocycles. The van der Waals surface area contributed by atoms with Crippen molar-refractivity contribution in [2.75, 3.05) is 13.2 Å². The van der Waals surface area contributed by atoms with Gasteiger partial charge in [0.1, 0.15) is 0 Å². The highest BCUT2D eigenvalue weighted by Crippen LogP contribution is 2.29. The molecular weight excluding hydrogens is 256 g/mol. The lowest BCUT2D eigenvalue weighted by molar-refractivity contribution is -0.127. The van der Waals surface area contributed by atoms with E-state index in [1.807, 2.05) is 19.1 Å². The summed E-state index contributed by atoms with van der Waals surface area (Å²) in [6.45, 7) is 4.62. The van der Waals surface area contributed by atoms with Crippen molar-refractivity contribution in [3.8, 4) is 23.8 Å². The first kappa shape index (κ1) is 15.9. The van der Waals surface area contributed by atoms with Gasteiger partial charge in [-0.3, -0.25) is 4.79 Å². The number of terminal acetylenes is 1. The molecule has 1 rings (SSSR count). The van der Waals surface area contributed by atoms with Gasteiger partial charge in [0.05, 0.1) is 13.2 Å². The van der Waals surface area contributed by atoms with Crippen molar-refractivity contribution in [3.05, 3.63) is 23.8 Å². The summed E-state index contributed by atoms with van der Waals surface area (Å²) in [5.74, 6) is 3.15. The summed E-state index contributed by atoms with van der Waals surface area (Å²) in [5.41, 5.74) is 6.53. The second-order valence-corrected chi connectivity index (χ2v) is 4.10. The summed E-state index contributed by atoms with van der Waals surface area (Å²) in [4.78, 5) is 11.7. The van der Waals surface area contributed by atoms with Gasteiger partial charge in [0.25, 0.3) is 5.91 Å². The molecule has 0 aliphatic heterocycles. The van der Waals surface area contributed by atoms with Crippen LogP contribution in [0.4, 0.5) is 0 Å². The van der Waals surface area contributed by atoms with Gasteiger partial charge in [-0.05, 0) is 31.5 Å². The molecule has 0 saturated carbocycles. The topological polar surface area (TPSA) is 73.6 Å². The average molecular weight is 276 g/mol. The van der Waals surface area contributed by atoms with Crippen LogP contribution in [0.1, 0.15) is 19.4 Å². The van der Waals surface area contributed by atoms with E-state index in [-0.39, 0.29) is 12.5 Å². The number of benzene rings is 1. The van der Waals surface area contributed by atoms with Crippen molar-refractivity contribution in [3.63, 3.8) is 0 Å². The van der Waals surface area contributed by atoms with Gasteiger partial charge in [0.2, 0.25) is 0 Å². The lowest BCUT2D eigenvalue weighted by Crippen LogP contribution is -2.36. The van der Waals surface area contributed by atoms with Crippen LogP contribution in [-0.4, -0.2) is 25.2 Å². The fourth-order valence-corrected chi connectivity index (χ4v) is 1.57. The summed E-state index contributed by atoms with van der Waals surface area (Å²) >= 11 is 0. The van der Waals surface area contributed by atoms with Crippen LogP contribution in [-0.2, 0) is 11.3 Å². The van der Waals surface area contributed by atoms with Crippen LogP contribution >= 0.6 is 0 Å². The van der Waals surface area contributed by atoms with Crippen molar-refractivity contribution in [2.45, 2.75) is 26.5 Å². The lowest BCUT2D eigenvalue weighted by Gasteiger charge is -2.17. The van der Waals surface area contributed by atoms with E-state index in [1.54, 1.807) is 13.0 Å². The third-order valence-electron chi connectivity index (χ3n) is 2.58. The minimum Gasteiger partial charge on any atom is -0.490 e. The Morgan fingerprint density at radius 2 is 2.25 bits per heavy atom. The van der Waals surface area contributed by atoms with E-state index in [0.717, 1.165) is 5.56 Å². The molecule has 1 unspecified atom stereocenters. The third kappa shape index (κ3) is 4.48. The van der Waals surface area contributed by atoms with Gasteiger partial charge in [-0.1, -0.05) is 12.0 Å². The molecule has 5 nitrogen and oxygen atoms in total. The van der Waals surface area contributed by atoms with Gasteiger partial charge >= 0.3 is 0 Å². The van der Waals surface area contributed by atoms with E-state index in [0.29, 0.717) is 24.7 Å². The minimum atomic E-state index is -0.661. The SMILES string of the molecule is C#CCNC(=O)C(C)Oc1ccc(CN)cc1OCC. The second-order valence-electron chi connectivity index (χ2n) is 4.10. The van der Waals surface area contributed by atoms with Crippen molar-refractivity contribution < 1.29 is 14.3 Å². The number of hydrogen-bond acceptors (Lipinski definition) is 4. The molecular formula is C15H20N2O3. The summed E-state index contributed by atoms with van der Waals surface area (Å²) in [5, 5.41) is 2.57. The number of rotatable bonds is 7. The van der Waals surface area contributed by atoms with Gasteiger partial charge in [-0.25, -0.2) is 0 Å². The number of carbonyl (C=O) groups is 1. The molecule has 1 atom stereocenters. The Hall–Kier alpha value is -2.19. The van der Waals surface area contributed by atoms with Crippen LogP contribution in [0.5, 0.6) is 11.5 Å². The van der Waals surface area contributed by atoms with E-state index < -0.39 is 6.10 Å². The first-order chi connectivity index (χ1) is 9.62. The van der Waals surface area contributed by atoms with Crippen LogP contribution in [0, 0.1) is 12.3 Å². The summed E-state index contributed by atoms with van der Waals surface area (Å²) in [6.07, 6.45) is 4.43. The number of nitrogens with two attached hydrogens (primary N) is 1. The first-order valence-electron chi connectivity index (χ1n) is 6.46. The molecule has 5 heteroatoms. The van der Waals surface area contributed by atoms with Crippen LogP contribution in [0.3, 0.4) is 0 Å². The Bertz CT molecular complexity index is 494. The molecule has 1 amide bonds. The molecule has 0 spiro atoms. The van der Waals surface area contributed by atoms with Crippen LogP contribution in [0.15, 0.2) is 18.2 Å². The summed E-state index contributed by atoms with van der Waals surface area (Å²) < 4.78 is 11.1. The average Bonchev–Trinajstić information content (AvgIpc) is 2.46. The summed E-state index contributed by atoms with van der Waals surface area (Å²) in [6, 6.07) is 5.40. The van der Waals surface area contributed by atoms with Crippen molar-refractivity contribution in [1.29, 1.82) is 0 Å². The molecule has 0 bridgehead atoms. The molecule has 0 fully saturated rings. The van der Waals surface area contributed by atoms with E-state index in [2.05, 4.69) is 11.2 Å². The molecule has 0 aliphatic rings. The van der Waals surface area contributed by atoms with Crippen molar-refractivity contribution in [2.24, 2.45) is 5.73 Å². The van der Waals surface area contributed by atoms with Crippen LogP contribution in [0.25, 0.3) is 0 Å². The van der Waals surface area contributed by atoms with E-state index >= 15 is 0 Å². The van der Waals surface area contributed by atoms with Crippen molar-refractivity contribution >= 4 is 5.91 Å². The van der Waals surface area contributed by atoms with E-state index in [9.17, 15) is 4.79 Å². The quantitative estimate of drug-likeness (QED) is 0.730. The zero-order chi connectivity index (χ0) is 15.0. The van der Waals surface area contributed by atoms with Crippen LogP contribution < -0.4 is 20.5 Å². The lowest BCUT2D eigenvalue weighted by atomic mass is 10.2. The number of ether oxygens (including phenoxy) is 2. The largest absolute Gasteiger partial charge is 0.490 e. The van der Waals surface area contributed by atoms with Gasteiger partial charge in [0, 0.05) is 6.54 Å². The van der Waals surface area contributed by atoms with Crippen molar-refractivity contribution in [1.82, 2.24) is 5.32 Å². The molecule has 0 radical (unpaired) electrons. The molecule has 0 saturated heterocycles. The Morgan fingerprint density at radius 3 is 2.85 bits per heavy atom. The molecule has 3 N–H and O–H groups in total. The van der Waals surface area contributed by atoms with Gasteiger partial charge in [-0.2, -0.15) is 0 Å². The fraction of sp³-hybridized carbons (Fsp3) is 0.400. The maximum atomic E-state index is 11.7. The predicted octanol–water partition coefficient (Wildman–Crippen LogP) is 1.06. The van der Waals surface area contributed by atoms with Crippen LogP contribution in [0.2, 0.25) is 0 Å². The number of hydrogen-bond donors (Lipinski definition) is 2. The summed E-state index contributed by atoms with van der Waals surface area (Å²) in [7, 11) is 0. The third-order valence-corrected chi connectivity index (χ3v) is 2.58. The van der Waals surface area contributed by atoms with Gasteiger partial charge in [0.15, 0.2) is 17.6 Å². The number of carbonyl (C=O) groups excluding carboxylic acids is 1. The zero-order valence-corrected chi connectivity index (χ0v) is 11.8. The maximum Gasteiger partial charge on any atom is 0.261 e. The molecule has 0 aliphatic carbocycles. The van der Waals surface area contributed by atoms with E-state index in [1.165, 1.54) is 0 Å². The normalized spacial score (nSPS) is 11.3. The molecule has 20 heavy (non-hydrogen) atoms. The highest BCUT2D eigenvalue weighted by Gasteiger charge is 2.16. The second kappa shape index (κ2) is 8.08. The number of amides is 1. The molecule has 0 heterocycles. The fourth-order valence-electron chi connectivity index (χ4n) is 1.57. The smallest absolute Gasteiger partial charge is 0.261 e. The molecule has 108 valence electrons. The number of nitrogens with one attached hydrogen (secondary N) is 1. The first-order valence-corrected chi connectivity index (χ1v) is 6.46. The van der Waals surface area contributed by atoms with Gasteiger partial charge < -0.3 is 20.5 Å². The monoisotopic (exact) mass is 276 g/mol. The molecule has 1 aromatic carbocycles. The Morgan fingerprint density at radius 1 is 1.50 bits per heavy atom. The predicted molar refractivity (Wildman–Crippen MR) is 77.4 cm³/mol.